The molecule has 0 amide bonds. The Morgan fingerprint density at radius 3 is 2.15 bits per heavy atom. The molecule has 0 bridgehead atoms. The van der Waals surface area contributed by atoms with Crippen LogP contribution in [0.3, 0.4) is 0 Å². The minimum Gasteiger partial charge on any atom is -0.297 e. The zero-order valence-electron chi connectivity index (χ0n) is 16.1. The number of nitrogens with zero attached hydrogens (tertiary/aromatic N) is 2. The summed E-state index contributed by atoms with van der Waals surface area (Å²) in [6, 6.07) is 17.5. The quantitative estimate of drug-likeness (QED) is 0.760. The molecule has 4 nitrogen and oxygen atoms in total. The standard InChI is InChI=1S/C22H28N2O2S/c1-19(2)21-10-12-22(13-11-21)27(25,26)24-17-15-23(16-18-24)14-6-9-20-7-4-3-5-8-20/h3-13,19H,14-18H2,1-2H3/b9-6+. The first kappa shape index (κ1) is 19.8. The summed E-state index contributed by atoms with van der Waals surface area (Å²) >= 11 is 0. The van der Waals surface area contributed by atoms with Gasteiger partial charge in [-0.3, -0.25) is 4.90 Å². The van der Waals surface area contributed by atoms with E-state index < -0.39 is 10.0 Å². The summed E-state index contributed by atoms with van der Waals surface area (Å²) in [6.45, 7) is 7.63. The SMILES string of the molecule is CC(C)c1ccc(S(=O)(=O)N2CCN(C/C=C/c3ccccc3)CC2)cc1. The summed E-state index contributed by atoms with van der Waals surface area (Å²) in [5.41, 5.74) is 2.34. The molecule has 1 aliphatic heterocycles. The first-order chi connectivity index (χ1) is 13.0. The Bertz CT molecular complexity index is 851. The van der Waals surface area contributed by atoms with Crippen molar-refractivity contribution in [2.24, 2.45) is 0 Å². The molecule has 0 radical (unpaired) electrons. The minimum absolute atomic E-state index is 0.393. The molecular weight excluding hydrogens is 356 g/mol. The molecular formula is C22H28N2O2S. The van der Waals surface area contributed by atoms with Gasteiger partial charge in [0.15, 0.2) is 0 Å². The molecule has 0 spiro atoms. The molecule has 1 fully saturated rings. The number of sulfonamides is 1. The topological polar surface area (TPSA) is 40.6 Å². The highest BCUT2D eigenvalue weighted by molar-refractivity contribution is 7.89. The highest BCUT2D eigenvalue weighted by Crippen LogP contribution is 2.21. The second-order valence-electron chi connectivity index (χ2n) is 7.24. The Morgan fingerprint density at radius 2 is 1.56 bits per heavy atom. The monoisotopic (exact) mass is 384 g/mol. The van der Waals surface area contributed by atoms with E-state index in [0.29, 0.717) is 23.9 Å². The van der Waals surface area contributed by atoms with Crippen LogP contribution in [0.25, 0.3) is 6.08 Å². The lowest BCUT2D eigenvalue weighted by Gasteiger charge is -2.33. The van der Waals surface area contributed by atoms with Gasteiger partial charge in [-0.1, -0.05) is 68.5 Å². The molecule has 3 rings (SSSR count). The van der Waals surface area contributed by atoms with E-state index in [2.05, 4.69) is 43.0 Å². The minimum atomic E-state index is -3.40. The van der Waals surface area contributed by atoms with Crippen LogP contribution in [0.4, 0.5) is 0 Å². The lowest BCUT2D eigenvalue weighted by molar-refractivity contribution is 0.204. The second-order valence-corrected chi connectivity index (χ2v) is 9.18. The van der Waals surface area contributed by atoms with Gasteiger partial charge in [0, 0.05) is 32.7 Å². The van der Waals surface area contributed by atoms with Crippen molar-refractivity contribution in [2.75, 3.05) is 32.7 Å². The predicted molar refractivity (Wildman–Crippen MR) is 111 cm³/mol. The smallest absolute Gasteiger partial charge is 0.243 e. The van der Waals surface area contributed by atoms with Crippen molar-refractivity contribution in [1.29, 1.82) is 0 Å². The molecule has 2 aromatic rings. The molecule has 0 aliphatic carbocycles. The van der Waals surface area contributed by atoms with Crippen LogP contribution in [-0.2, 0) is 10.0 Å². The molecule has 0 atom stereocenters. The molecule has 0 unspecified atom stereocenters. The fraction of sp³-hybridized carbons (Fsp3) is 0.364. The van der Waals surface area contributed by atoms with Gasteiger partial charge in [0.05, 0.1) is 4.90 Å². The summed E-state index contributed by atoms with van der Waals surface area (Å²) in [4.78, 5) is 2.68. The zero-order chi connectivity index (χ0) is 19.3. The Kier molecular flexibility index (Phi) is 6.47. The van der Waals surface area contributed by atoms with Crippen LogP contribution in [0.1, 0.15) is 30.9 Å². The molecule has 144 valence electrons. The van der Waals surface area contributed by atoms with Crippen LogP contribution < -0.4 is 0 Å². The Balaban J connectivity index is 1.55. The van der Waals surface area contributed by atoms with Crippen molar-refractivity contribution in [1.82, 2.24) is 9.21 Å². The number of hydrogen-bond acceptors (Lipinski definition) is 3. The van der Waals surface area contributed by atoms with Crippen molar-refractivity contribution >= 4 is 16.1 Å². The molecule has 27 heavy (non-hydrogen) atoms. The van der Waals surface area contributed by atoms with Crippen LogP contribution >= 0.6 is 0 Å². The van der Waals surface area contributed by atoms with E-state index >= 15 is 0 Å². The molecule has 0 saturated carbocycles. The Labute approximate surface area is 163 Å². The highest BCUT2D eigenvalue weighted by Gasteiger charge is 2.28. The van der Waals surface area contributed by atoms with Crippen molar-refractivity contribution in [3.05, 3.63) is 71.8 Å². The van der Waals surface area contributed by atoms with E-state index in [1.54, 1.807) is 16.4 Å². The van der Waals surface area contributed by atoms with Crippen LogP contribution in [-0.4, -0.2) is 50.3 Å². The van der Waals surface area contributed by atoms with E-state index in [1.165, 1.54) is 5.56 Å². The molecule has 5 heteroatoms. The van der Waals surface area contributed by atoms with Crippen molar-refractivity contribution in [3.8, 4) is 0 Å². The van der Waals surface area contributed by atoms with Gasteiger partial charge in [-0.2, -0.15) is 4.31 Å². The summed E-state index contributed by atoms with van der Waals surface area (Å²) < 4.78 is 27.3. The van der Waals surface area contributed by atoms with Gasteiger partial charge in [0.25, 0.3) is 0 Å². The maximum Gasteiger partial charge on any atom is 0.243 e. The number of rotatable bonds is 6. The average molecular weight is 385 g/mol. The van der Waals surface area contributed by atoms with E-state index in [0.717, 1.165) is 25.2 Å². The summed E-state index contributed by atoms with van der Waals surface area (Å²) in [5, 5.41) is 0. The van der Waals surface area contributed by atoms with E-state index in [1.807, 2.05) is 30.3 Å². The van der Waals surface area contributed by atoms with E-state index in [-0.39, 0.29) is 0 Å². The predicted octanol–water partition coefficient (Wildman–Crippen LogP) is 3.83. The van der Waals surface area contributed by atoms with Gasteiger partial charge in [0.2, 0.25) is 10.0 Å². The molecule has 2 aromatic carbocycles. The molecule has 1 aliphatic rings. The summed E-state index contributed by atoms with van der Waals surface area (Å²) in [6.07, 6.45) is 4.25. The molecule has 0 N–H and O–H groups in total. The van der Waals surface area contributed by atoms with Crippen LogP contribution in [0.5, 0.6) is 0 Å². The summed E-state index contributed by atoms with van der Waals surface area (Å²) in [5.74, 6) is 0.397. The van der Waals surface area contributed by atoms with E-state index in [4.69, 9.17) is 0 Å². The number of piperazine rings is 1. The largest absolute Gasteiger partial charge is 0.297 e. The first-order valence-corrected chi connectivity index (χ1v) is 10.9. The van der Waals surface area contributed by atoms with Crippen LogP contribution in [0.2, 0.25) is 0 Å². The van der Waals surface area contributed by atoms with Crippen LogP contribution in [0.15, 0.2) is 65.6 Å². The molecule has 0 aromatic heterocycles. The fourth-order valence-electron chi connectivity index (χ4n) is 3.23. The van der Waals surface area contributed by atoms with Gasteiger partial charge in [-0.05, 0) is 29.2 Å². The maximum absolute atomic E-state index is 12.9. The molecule has 1 saturated heterocycles. The third kappa shape index (κ3) is 5.06. The van der Waals surface area contributed by atoms with Gasteiger partial charge < -0.3 is 0 Å². The van der Waals surface area contributed by atoms with E-state index in [9.17, 15) is 8.42 Å². The second kappa shape index (κ2) is 8.83. The Hall–Kier alpha value is -1.95. The van der Waals surface area contributed by atoms with Gasteiger partial charge >= 0.3 is 0 Å². The third-order valence-electron chi connectivity index (χ3n) is 4.99. The van der Waals surface area contributed by atoms with Crippen molar-refractivity contribution in [2.45, 2.75) is 24.7 Å². The lowest BCUT2D eigenvalue weighted by atomic mass is 10.0. The van der Waals surface area contributed by atoms with Gasteiger partial charge in [0.1, 0.15) is 0 Å². The third-order valence-corrected chi connectivity index (χ3v) is 6.90. The lowest BCUT2D eigenvalue weighted by Crippen LogP contribution is -2.48. The van der Waals surface area contributed by atoms with Crippen LogP contribution in [0, 0.1) is 0 Å². The van der Waals surface area contributed by atoms with Crippen molar-refractivity contribution in [3.63, 3.8) is 0 Å². The zero-order valence-corrected chi connectivity index (χ0v) is 16.9. The average Bonchev–Trinajstić information content (AvgIpc) is 2.69. The van der Waals surface area contributed by atoms with Gasteiger partial charge in [-0.25, -0.2) is 8.42 Å². The molecule has 1 heterocycles. The fourth-order valence-corrected chi connectivity index (χ4v) is 4.65. The van der Waals surface area contributed by atoms with Gasteiger partial charge in [-0.15, -0.1) is 0 Å². The number of hydrogen-bond donors (Lipinski definition) is 0. The maximum atomic E-state index is 12.9. The highest BCUT2D eigenvalue weighted by atomic mass is 32.2. The number of benzene rings is 2. The van der Waals surface area contributed by atoms with Crippen molar-refractivity contribution < 1.29 is 8.42 Å². The summed E-state index contributed by atoms with van der Waals surface area (Å²) in [7, 11) is -3.40. The first-order valence-electron chi connectivity index (χ1n) is 9.51. The normalized spacial score (nSPS) is 17.0. The Morgan fingerprint density at radius 1 is 0.926 bits per heavy atom.